The van der Waals surface area contributed by atoms with Gasteiger partial charge in [-0.2, -0.15) is 0 Å². The lowest BCUT2D eigenvalue weighted by Crippen LogP contribution is -2.49. The van der Waals surface area contributed by atoms with Gasteiger partial charge in [0.1, 0.15) is 12.1 Å². The number of amides is 2. The molecular formula is C34H66N2O6. The van der Waals surface area contributed by atoms with E-state index in [1.807, 2.05) is 7.11 Å². The molecule has 42 heavy (non-hydrogen) atoms. The molecule has 0 aromatic heterocycles. The van der Waals surface area contributed by atoms with Crippen molar-refractivity contribution in [2.24, 2.45) is 29.6 Å². The summed E-state index contributed by atoms with van der Waals surface area (Å²) in [6.07, 6.45) is 10.7. The summed E-state index contributed by atoms with van der Waals surface area (Å²) in [6, 6.07) is -0.340. The Morgan fingerprint density at radius 2 is 1.62 bits per heavy atom. The minimum Gasteiger partial charge on any atom is -0.381 e. The number of carbonyl (C=O) groups is 4. The van der Waals surface area contributed by atoms with Gasteiger partial charge >= 0.3 is 0 Å². The summed E-state index contributed by atoms with van der Waals surface area (Å²) in [6.45, 7) is 20.4. The summed E-state index contributed by atoms with van der Waals surface area (Å²) in [5, 5.41) is 5.42. The van der Waals surface area contributed by atoms with E-state index >= 15 is 0 Å². The third-order valence-corrected chi connectivity index (χ3v) is 8.16. The number of rotatable bonds is 15. The quantitative estimate of drug-likeness (QED) is 0.207. The van der Waals surface area contributed by atoms with E-state index in [0.29, 0.717) is 18.4 Å². The van der Waals surface area contributed by atoms with Crippen LogP contribution < -0.4 is 10.6 Å². The number of ketones is 2. The predicted molar refractivity (Wildman–Crippen MR) is 172 cm³/mol. The number of methoxy groups -OCH3 is 2. The first-order chi connectivity index (χ1) is 19.7. The molecule has 8 nitrogen and oxygen atoms in total. The van der Waals surface area contributed by atoms with Gasteiger partial charge in [-0.05, 0) is 69.6 Å². The van der Waals surface area contributed by atoms with Crippen LogP contribution in [0.5, 0.6) is 0 Å². The molecule has 2 aliphatic carbocycles. The molecule has 0 aromatic carbocycles. The maximum absolute atomic E-state index is 12.8. The molecule has 2 N–H and O–H groups in total. The SMILES string of the molecule is CC(=O)C(C)NC=O.CC(C)C.CCCCC(C(=O)NC1(C(=O)COC)CC1CC)C(C)CC.COC1CCC(C)C1. The smallest absolute Gasteiger partial charge is 0.224 e. The van der Waals surface area contributed by atoms with Gasteiger partial charge in [0, 0.05) is 20.1 Å². The molecule has 0 bridgehead atoms. The number of carbonyl (C=O) groups excluding carboxylic acids is 4. The molecule has 2 saturated carbocycles. The van der Waals surface area contributed by atoms with Gasteiger partial charge in [0.15, 0.2) is 11.6 Å². The van der Waals surface area contributed by atoms with Crippen LogP contribution in [-0.4, -0.2) is 62.4 Å². The van der Waals surface area contributed by atoms with Gasteiger partial charge in [-0.3, -0.25) is 19.2 Å². The third-order valence-electron chi connectivity index (χ3n) is 8.16. The average Bonchev–Trinajstić information content (AvgIpc) is 3.49. The molecule has 7 unspecified atom stereocenters. The van der Waals surface area contributed by atoms with Crippen LogP contribution in [0.25, 0.3) is 0 Å². The van der Waals surface area contributed by atoms with E-state index in [9.17, 15) is 19.2 Å². The summed E-state index contributed by atoms with van der Waals surface area (Å²) in [7, 11) is 3.34. The van der Waals surface area contributed by atoms with Crippen LogP contribution in [0.2, 0.25) is 0 Å². The molecule has 0 aliphatic heterocycles. The van der Waals surface area contributed by atoms with E-state index < -0.39 is 5.54 Å². The summed E-state index contributed by atoms with van der Waals surface area (Å²) in [5.41, 5.74) is -0.653. The zero-order chi connectivity index (χ0) is 32.9. The lowest BCUT2D eigenvalue weighted by Gasteiger charge is -2.26. The standard InChI is InChI=1S/C18H33NO3.C7H14O.C5H9NO2.C4H10/c1-6-9-10-15(13(4)7-2)17(21)19-18(11-14(18)8-3)16(20)12-22-5;1-6-3-4-7(5-6)8-2;1-4(5(2)8)6-3-7;1-4(2)3/h13-15H,6-12H2,1-5H3,(H,19,21);6-7H,3-5H2,1-2H3;3-4H,1-2H3,(H,6,7);4H,1-3H3. The van der Waals surface area contributed by atoms with Gasteiger partial charge in [0.25, 0.3) is 0 Å². The lowest BCUT2D eigenvalue weighted by atomic mass is 9.86. The van der Waals surface area contributed by atoms with Crippen molar-refractivity contribution in [2.75, 3.05) is 20.8 Å². The molecule has 2 fully saturated rings. The third kappa shape index (κ3) is 17.3. The van der Waals surface area contributed by atoms with Crippen LogP contribution >= 0.6 is 0 Å². The highest BCUT2D eigenvalue weighted by Crippen LogP contribution is 2.47. The molecule has 7 atom stereocenters. The van der Waals surface area contributed by atoms with Crippen LogP contribution in [0.15, 0.2) is 0 Å². The van der Waals surface area contributed by atoms with Crippen molar-refractivity contribution in [3.8, 4) is 0 Å². The average molecular weight is 599 g/mol. The van der Waals surface area contributed by atoms with Crippen LogP contribution in [0.4, 0.5) is 0 Å². The number of nitrogens with one attached hydrogen (secondary N) is 2. The largest absolute Gasteiger partial charge is 0.381 e. The summed E-state index contributed by atoms with van der Waals surface area (Å²) < 4.78 is 10.2. The molecule has 0 saturated heterocycles. The summed E-state index contributed by atoms with van der Waals surface area (Å²) in [4.78, 5) is 45.1. The van der Waals surface area contributed by atoms with Crippen molar-refractivity contribution >= 4 is 23.9 Å². The van der Waals surface area contributed by atoms with E-state index in [4.69, 9.17) is 9.47 Å². The minimum absolute atomic E-state index is 0.00951. The fourth-order valence-electron chi connectivity index (χ4n) is 4.93. The Labute approximate surface area is 258 Å². The summed E-state index contributed by atoms with van der Waals surface area (Å²) in [5.74, 6) is 2.41. The van der Waals surface area contributed by atoms with E-state index in [-0.39, 0.29) is 42.0 Å². The minimum atomic E-state index is -0.653. The van der Waals surface area contributed by atoms with Crippen molar-refractivity contribution in [3.63, 3.8) is 0 Å². The second-order valence-corrected chi connectivity index (χ2v) is 12.9. The predicted octanol–water partition coefficient (Wildman–Crippen LogP) is 6.53. The van der Waals surface area contributed by atoms with Gasteiger partial charge < -0.3 is 20.1 Å². The Hall–Kier alpha value is -1.80. The zero-order valence-electron chi connectivity index (χ0n) is 29.1. The highest BCUT2D eigenvalue weighted by Gasteiger charge is 2.59. The van der Waals surface area contributed by atoms with E-state index in [2.05, 4.69) is 66.0 Å². The molecule has 2 amide bonds. The highest BCUT2D eigenvalue weighted by molar-refractivity contribution is 5.97. The van der Waals surface area contributed by atoms with Gasteiger partial charge in [-0.1, -0.05) is 81.1 Å². The first kappa shape index (κ1) is 42.3. The fraction of sp³-hybridized carbons (Fsp3) is 0.882. The van der Waals surface area contributed by atoms with Crippen LogP contribution in [0, 0.1) is 29.6 Å². The normalized spacial score (nSPS) is 24.3. The molecule has 0 spiro atoms. The topological polar surface area (TPSA) is 111 Å². The Balaban J connectivity index is 0. The molecule has 248 valence electrons. The first-order valence-corrected chi connectivity index (χ1v) is 16.3. The second-order valence-electron chi connectivity index (χ2n) is 12.9. The van der Waals surface area contributed by atoms with E-state index in [1.165, 1.54) is 33.3 Å². The number of hydrogen-bond donors (Lipinski definition) is 2. The molecule has 0 radical (unpaired) electrons. The Bertz CT molecular complexity index is 756. The number of Topliss-reactive ketones (excluding diaryl/α,β-unsaturated/α-hetero) is 2. The second kappa shape index (κ2) is 23.6. The Morgan fingerprint density at radius 1 is 1.02 bits per heavy atom. The molecule has 2 aliphatic rings. The van der Waals surface area contributed by atoms with Crippen molar-refractivity contribution in [3.05, 3.63) is 0 Å². The number of hydrogen-bond acceptors (Lipinski definition) is 6. The maximum Gasteiger partial charge on any atom is 0.224 e. The number of ether oxygens (including phenoxy) is 2. The van der Waals surface area contributed by atoms with Crippen molar-refractivity contribution in [1.29, 1.82) is 0 Å². The van der Waals surface area contributed by atoms with E-state index in [0.717, 1.165) is 50.4 Å². The van der Waals surface area contributed by atoms with E-state index in [1.54, 1.807) is 6.92 Å². The number of unbranched alkanes of at least 4 members (excludes halogenated alkanes) is 1. The first-order valence-electron chi connectivity index (χ1n) is 16.3. The van der Waals surface area contributed by atoms with Gasteiger partial charge in [-0.15, -0.1) is 0 Å². The lowest BCUT2D eigenvalue weighted by molar-refractivity contribution is -0.134. The molecule has 0 heterocycles. The van der Waals surface area contributed by atoms with Crippen LogP contribution in [-0.2, 0) is 28.7 Å². The fourth-order valence-corrected chi connectivity index (χ4v) is 4.93. The van der Waals surface area contributed by atoms with Gasteiger partial charge in [0.05, 0.1) is 12.1 Å². The molecule has 0 aromatic rings. The molecule has 8 heteroatoms. The monoisotopic (exact) mass is 598 g/mol. The van der Waals surface area contributed by atoms with Gasteiger partial charge in [0.2, 0.25) is 12.3 Å². The van der Waals surface area contributed by atoms with Crippen molar-refractivity contribution < 1.29 is 28.7 Å². The molecule has 2 rings (SSSR count). The Morgan fingerprint density at radius 3 is 1.93 bits per heavy atom. The maximum atomic E-state index is 12.8. The Kier molecular flexibility index (Phi) is 23.8. The highest BCUT2D eigenvalue weighted by atomic mass is 16.5. The zero-order valence-corrected chi connectivity index (χ0v) is 29.1. The summed E-state index contributed by atoms with van der Waals surface area (Å²) >= 11 is 0. The van der Waals surface area contributed by atoms with Crippen molar-refractivity contribution in [2.45, 2.75) is 145 Å². The van der Waals surface area contributed by atoms with Crippen LogP contribution in [0.1, 0.15) is 127 Å². The van der Waals surface area contributed by atoms with Crippen LogP contribution in [0.3, 0.4) is 0 Å². The molecular weight excluding hydrogens is 532 g/mol. The van der Waals surface area contributed by atoms with Crippen molar-refractivity contribution in [1.82, 2.24) is 10.6 Å². The van der Waals surface area contributed by atoms with Gasteiger partial charge in [-0.25, -0.2) is 0 Å².